The Labute approximate surface area is 122 Å². The van der Waals surface area contributed by atoms with E-state index >= 15 is 0 Å². The molecule has 0 aliphatic carbocycles. The topological polar surface area (TPSA) is 92.7 Å². The van der Waals surface area contributed by atoms with Gasteiger partial charge in [-0.2, -0.15) is 0 Å². The first-order valence-electron chi connectivity index (χ1n) is 7.03. The third-order valence-corrected chi connectivity index (χ3v) is 3.01. The number of rotatable bonds is 5. The van der Waals surface area contributed by atoms with E-state index in [2.05, 4.69) is 0 Å². The van der Waals surface area contributed by atoms with Crippen molar-refractivity contribution in [2.75, 3.05) is 0 Å². The van der Waals surface area contributed by atoms with Crippen LogP contribution in [0.15, 0.2) is 0 Å². The summed E-state index contributed by atoms with van der Waals surface area (Å²) < 4.78 is 0. The Balaban J connectivity index is 4.05. The number of nitrogens with two attached hydrogens (primary N) is 2. The predicted octanol–water partition coefficient (Wildman–Crippen LogP) is 1.55. The van der Waals surface area contributed by atoms with Crippen molar-refractivity contribution in [1.82, 2.24) is 10.0 Å². The van der Waals surface area contributed by atoms with Gasteiger partial charge in [-0.3, -0.25) is 19.6 Å². The van der Waals surface area contributed by atoms with Crippen molar-refractivity contribution in [3.63, 3.8) is 0 Å². The van der Waals surface area contributed by atoms with Crippen LogP contribution in [0.3, 0.4) is 0 Å². The van der Waals surface area contributed by atoms with Crippen LogP contribution in [0.4, 0.5) is 0 Å². The molecule has 20 heavy (non-hydrogen) atoms. The van der Waals surface area contributed by atoms with Gasteiger partial charge in [0.25, 0.3) is 0 Å². The molecule has 2 amide bonds. The van der Waals surface area contributed by atoms with E-state index < -0.39 is 0 Å². The number of hydrogen-bond donors (Lipinski definition) is 2. The first-order valence-corrected chi connectivity index (χ1v) is 7.03. The van der Waals surface area contributed by atoms with Gasteiger partial charge in [0, 0.05) is 12.8 Å². The Morgan fingerprint density at radius 2 is 1.00 bits per heavy atom. The lowest BCUT2D eigenvalue weighted by molar-refractivity contribution is -0.138. The summed E-state index contributed by atoms with van der Waals surface area (Å²) in [4.78, 5) is 23.6. The molecule has 0 spiro atoms. The van der Waals surface area contributed by atoms with Gasteiger partial charge in [-0.1, -0.05) is 0 Å². The Bertz CT molecular complexity index is 308. The Kier molecular flexibility index (Phi) is 6.64. The molecule has 4 N–H and O–H groups in total. The molecule has 0 aliphatic rings. The summed E-state index contributed by atoms with van der Waals surface area (Å²) in [5, 5.41) is 2.50. The van der Waals surface area contributed by atoms with Crippen LogP contribution in [0.1, 0.15) is 67.2 Å². The van der Waals surface area contributed by atoms with E-state index in [9.17, 15) is 9.59 Å². The third-order valence-electron chi connectivity index (χ3n) is 3.01. The summed E-state index contributed by atoms with van der Waals surface area (Å²) in [7, 11) is 0. The SMILES string of the molecule is CC(C)(C)N(N)C(=O)CCCCC(=O)N(N)C(C)(C)C. The van der Waals surface area contributed by atoms with Crippen LogP contribution in [0, 0.1) is 0 Å². The Hall–Kier alpha value is -1.14. The van der Waals surface area contributed by atoms with Gasteiger partial charge in [0.2, 0.25) is 11.8 Å². The van der Waals surface area contributed by atoms with Crippen molar-refractivity contribution in [2.24, 2.45) is 11.7 Å². The van der Waals surface area contributed by atoms with Gasteiger partial charge in [0.1, 0.15) is 0 Å². The number of carbonyl (C=O) groups excluding carboxylic acids is 2. The largest absolute Gasteiger partial charge is 0.275 e. The van der Waals surface area contributed by atoms with Crippen LogP contribution >= 0.6 is 0 Å². The lowest BCUT2D eigenvalue weighted by atomic mass is 10.1. The molecule has 0 rings (SSSR count). The van der Waals surface area contributed by atoms with E-state index in [0.717, 1.165) is 0 Å². The van der Waals surface area contributed by atoms with Crippen LogP contribution < -0.4 is 11.7 Å². The second-order valence-electron chi connectivity index (χ2n) is 7.08. The lowest BCUT2D eigenvalue weighted by Gasteiger charge is -2.31. The molecule has 0 aromatic carbocycles. The number of nitrogens with zero attached hydrogens (tertiary/aromatic N) is 2. The summed E-state index contributed by atoms with van der Waals surface area (Å²) in [5.74, 6) is 11.2. The maximum atomic E-state index is 11.8. The molecule has 0 aromatic heterocycles. The first kappa shape index (κ1) is 18.9. The highest BCUT2D eigenvalue weighted by Gasteiger charge is 2.24. The van der Waals surface area contributed by atoms with E-state index in [4.69, 9.17) is 11.7 Å². The first-order chi connectivity index (χ1) is 8.87. The predicted molar refractivity (Wildman–Crippen MR) is 80.0 cm³/mol. The fraction of sp³-hybridized carbons (Fsp3) is 0.857. The molecule has 0 heterocycles. The summed E-state index contributed by atoms with van der Waals surface area (Å²) in [6, 6.07) is 0. The van der Waals surface area contributed by atoms with Gasteiger partial charge >= 0.3 is 0 Å². The van der Waals surface area contributed by atoms with Gasteiger partial charge in [-0.25, -0.2) is 11.7 Å². The normalized spacial score (nSPS) is 12.2. The highest BCUT2D eigenvalue weighted by molar-refractivity contribution is 5.77. The van der Waals surface area contributed by atoms with Crippen molar-refractivity contribution < 1.29 is 9.59 Å². The average molecular weight is 286 g/mol. The molecule has 0 aromatic rings. The minimum Gasteiger partial charge on any atom is -0.275 e. The quantitative estimate of drug-likeness (QED) is 0.347. The number of hydrogen-bond acceptors (Lipinski definition) is 4. The zero-order valence-corrected chi connectivity index (χ0v) is 13.7. The van der Waals surface area contributed by atoms with Crippen LogP contribution in [-0.4, -0.2) is 32.9 Å². The monoisotopic (exact) mass is 286 g/mol. The summed E-state index contributed by atoms with van der Waals surface area (Å²) in [5.41, 5.74) is -0.764. The van der Waals surface area contributed by atoms with Gasteiger partial charge in [-0.05, 0) is 54.4 Å². The van der Waals surface area contributed by atoms with E-state index in [-0.39, 0.29) is 22.9 Å². The molecule has 0 unspecified atom stereocenters. The zero-order chi connectivity index (χ0) is 16.1. The van der Waals surface area contributed by atoms with Gasteiger partial charge in [-0.15, -0.1) is 0 Å². The van der Waals surface area contributed by atoms with Gasteiger partial charge in [0.15, 0.2) is 0 Å². The number of carbonyl (C=O) groups is 2. The number of unbranched alkanes of at least 4 members (excludes halogenated alkanes) is 1. The molecule has 0 atom stereocenters. The van der Waals surface area contributed by atoms with Crippen LogP contribution in [0.2, 0.25) is 0 Å². The third kappa shape index (κ3) is 6.34. The molecule has 0 radical (unpaired) electrons. The smallest absolute Gasteiger partial charge is 0.236 e. The summed E-state index contributed by atoms with van der Waals surface area (Å²) in [6.07, 6.45) is 1.96. The van der Waals surface area contributed by atoms with Crippen molar-refractivity contribution >= 4 is 11.8 Å². The van der Waals surface area contributed by atoms with E-state index in [1.165, 1.54) is 10.0 Å². The Morgan fingerprint density at radius 1 is 0.750 bits per heavy atom. The maximum absolute atomic E-state index is 11.8. The number of hydrazine groups is 2. The second kappa shape index (κ2) is 7.04. The molecule has 0 bridgehead atoms. The Morgan fingerprint density at radius 3 is 1.20 bits per heavy atom. The van der Waals surface area contributed by atoms with Crippen LogP contribution in [0.25, 0.3) is 0 Å². The van der Waals surface area contributed by atoms with E-state index in [0.29, 0.717) is 25.7 Å². The highest BCUT2D eigenvalue weighted by atomic mass is 16.2. The molecule has 118 valence electrons. The molecule has 6 nitrogen and oxygen atoms in total. The minimum atomic E-state index is -0.382. The van der Waals surface area contributed by atoms with Gasteiger partial charge < -0.3 is 0 Å². The second-order valence-corrected chi connectivity index (χ2v) is 7.08. The summed E-state index contributed by atoms with van der Waals surface area (Å²) >= 11 is 0. The average Bonchev–Trinajstić information content (AvgIpc) is 2.29. The number of amides is 2. The molecule has 0 saturated heterocycles. The van der Waals surface area contributed by atoms with Crippen molar-refractivity contribution in [3.8, 4) is 0 Å². The van der Waals surface area contributed by atoms with E-state index in [1.54, 1.807) is 0 Å². The fourth-order valence-electron chi connectivity index (χ4n) is 1.54. The molecule has 0 aliphatic heterocycles. The van der Waals surface area contributed by atoms with Gasteiger partial charge in [0.05, 0.1) is 11.1 Å². The molecular formula is C14H30N4O2. The highest BCUT2D eigenvalue weighted by Crippen LogP contribution is 2.14. The zero-order valence-electron chi connectivity index (χ0n) is 13.7. The lowest BCUT2D eigenvalue weighted by Crippen LogP contribution is -2.50. The molecule has 0 fully saturated rings. The molecule has 6 heteroatoms. The standard InChI is InChI=1S/C14H30N4O2/c1-13(2,3)17(15)11(19)9-7-8-10-12(20)18(16)14(4,5)6/h7-10,15-16H2,1-6H3. The van der Waals surface area contributed by atoms with Crippen molar-refractivity contribution in [3.05, 3.63) is 0 Å². The molecule has 0 saturated carbocycles. The maximum Gasteiger partial charge on any atom is 0.236 e. The van der Waals surface area contributed by atoms with Crippen LogP contribution in [-0.2, 0) is 9.59 Å². The van der Waals surface area contributed by atoms with E-state index in [1.807, 2.05) is 41.5 Å². The van der Waals surface area contributed by atoms with Crippen molar-refractivity contribution in [1.29, 1.82) is 0 Å². The minimum absolute atomic E-state index is 0.106. The molecular weight excluding hydrogens is 256 g/mol. The summed E-state index contributed by atoms with van der Waals surface area (Å²) in [6.45, 7) is 11.3. The van der Waals surface area contributed by atoms with Crippen LogP contribution in [0.5, 0.6) is 0 Å². The fourth-order valence-corrected chi connectivity index (χ4v) is 1.54. The van der Waals surface area contributed by atoms with Crippen molar-refractivity contribution in [2.45, 2.75) is 78.3 Å².